The molecule has 0 aromatic heterocycles. The Labute approximate surface area is 77.4 Å². The first kappa shape index (κ1) is 10.5. The second-order valence-electron chi connectivity index (χ2n) is 3.68. The highest BCUT2D eigenvalue weighted by atomic mass is 17.1. The molecule has 0 unspecified atom stereocenters. The summed E-state index contributed by atoms with van der Waals surface area (Å²) in [5.74, 6) is -0.286. The third-order valence-electron chi connectivity index (χ3n) is 2.81. The van der Waals surface area contributed by atoms with Crippen molar-refractivity contribution >= 4 is 5.97 Å². The van der Waals surface area contributed by atoms with Crippen LogP contribution in [0.2, 0.25) is 0 Å². The molecule has 0 heterocycles. The zero-order valence-corrected chi connectivity index (χ0v) is 7.61. The fraction of sp³-hybridized carbons (Fsp3) is 0.889. The summed E-state index contributed by atoms with van der Waals surface area (Å²) < 4.78 is 0. The first-order valence-electron chi connectivity index (χ1n) is 4.73. The van der Waals surface area contributed by atoms with Gasteiger partial charge in [-0.25, -0.2) is 4.89 Å². The lowest BCUT2D eigenvalue weighted by Crippen LogP contribution is -2.21. The summed E-state index contributed by atoms with van der Waals surface area (Å²) >= 11 is 0. The quantitative estimate of drug-likeness (QED) is 0.521. The SMILES string of the molecule is O=C(O)C1CCC(CCOO)CC1. The van der Waals surface area contributed by atoms with E-state index in [0.717, 1.165) is 32.1 Å². The van der Waals surface area contributed by atoms with E-state index in [9.17, 15) is 4.79 Å². The van der Waals surface area contributed by atoms with Gasteiger partial charge in [-0.05, 0) is 38.0 Å². The van der Waals surface area contributed by atoms with Crippen LogP contribution in [0.3, 0.4) is 0 Å². The van der Waals surface area contributed by atoms with Gasteiger partial charge in [0.2, 0.25) is 0 Å². The second-order valence-corrected chi connectivity index (χ2v) is 3.68. The standard InChI is InChI=1S/C9H16O4/c10-9(11)8-3-1-7(2-4-8)5-6-13-12/h7-8,12H,1-6H2,(H,10,11). The average Bonchev–Trinajstić information content (AvgIpc) is 2.15. The zero-order chi connectivity index (χ0) is 9.68. The van der Waals surface area contributed by atoms with Gasteiger partial charge < -0.3 is 5.11 Å². The van der Waals surface area contributed by atoms with E-state index in [4.69, 9.17) is 10.4 Å². The fourth-order valence-corrected chi connectivity index (χ4v) is 1.92. The van der Waals surface area contributed by atoms with Gasteiger partial charge in [-0.2, -0.15) is 0 Å². The predicted molar refractivity (Wildman–Crippen MR) is 46.3 cm³/mol. The van der Waals surface area contributed by atoms with E-state index >= 15 is 0 Å². The molecule has 1 fully saturated rings. The van der Waals surface area contributed by atoms with E-state index in [1.54, 1.807) is 0 Å². The minimum atomic E-state index is -0.670. The molecule has 0 aromatic carbocycles. The average molecular weight is 188 g/mol. The number of aliphatic carboxylic acids is 1. The molecule has 0 saturated heterocycles. The van der Waals surface area contributed by atoms with Crippen molar-refractivity contribution in [1.82, 2.24) is 0 Å². The zero-order valence-electron chi connectivity index (χ0n) is 7.61. The van der Waals surface area contributed by atoms with E-state index in [-0.39, 0.29) is 5.92 Å². The van der Waals surface area contributed by atoms with Gasteiger partial charge >= 0.3 is 5.97 Å². The molecule has 0 spiro atoms. The van der Waals surface area contributed by atoms with Crippen LogP contribution >= 0.6 is 0 Å². The van der Waals surface area contributed by atoms with Gasteiger partial charge in [0.05, 0.1) is 12.5 Å². The summed E-state index contributed by atoms with van der Waals surface area (Å²) in [6.07, 6.45) is 4.26. The van der Waals surface area contributed by atoms with Crippen molar-refractivity contribution in [2.75, 3.05) is 6.61 Å². The second kappa shape index (κ2) is 5.19. The van der Waals surface area contributed by atoms with Crippen molar-refractivity contribution in [3.8, 4) is 0 Å². The molecule has 1 aliphatic rings. The van der Waals surface area contributed by atoms with Gasteiger partial charge in [-0.1, -0.05) is 0 Å². The maximum Gasteiger partial charge on any atom is 0.306 e. The summed E-state index contributed by atoms with van der Waals surface area (Å²) in [4.78, 5) is 14.6. The third kappa shape index (κ3) is 3.32. The number of carboxylic acid groups (broad SMARTS) is 1. The Morgan fingerprint density at radius 1 is 1.31 bits per heavy atom. The molecule has 4 heteroatoms. The molecule has 0 bridgehead atoms. The van der Waals surface area contributed by atoms with Gasteiger partial charge in [-0.3, -0.25) is 10.1 Å². The monoisotopic (exact) mass is 188 g/mol. The van der Waals surface area contributed by atoms with Crippen molar-refractivity contribution in [1.29, 1.82) is 0 Å². The molecule has 0 radical (unpaired) electrons. The number of carbonyl (C=O) groups is 1. The van der Waals surface area contributed by atoms with Gasteiger partial charge in [0.25, 0.3) is 0 Å². The Hall–Kier alpha value is -0.610. The van der Waals surface area contributed by atoms with Gasteiger partial charge in [0, 0.05) is 0 Å². The molecule has 76 valence electrons. The molecule has 0 atom stereocenters. The Morgan fingerprint density at radius 2 is 1.92 bits per heavy atom. The van der Waals surface area contributed by atoms with E-state index in [2.05, 4.69) is 4.89 Å². The van der Waals surface area contributed by atoms with Crippen LogP contribution in [0.1, 0.15) is 32.1 Å². The minimum absolute atomic E-state index is 0.147. The van der Waals surface area contributed by atoms with Crippen LogP contribution in [0.5, 0.6) is 0 Å². The van der Waals surface area contributed by atoms with Crippen LogP contribution in [0.4, 0.5) is 0 Å². The first-order chi connectivity index (χ1) is 6.24. The molecule has 0 aliphatic heterocycles. The maximum absolute atomic E-state index is 10.6. The normalized spacial score (nSPS) is 28.7. The molecule has 1 rings (SSSR count). The van der Waals surface area contributed by atoms with Crippen molar-refractivity contribution in [2.45, 2.75) is 32.1 Å². The van der Waals surface area contributed by atoms with E-state index < -0.39 is 5.97 Å². The first-order valence-corrected chi connectivity index (χ1v) is 4.73. The Bertz CT molecular complexity index is 161. The molecule has 1 saturated carbocycles. The number of hydrogen-bond donors (Lipinski definition) is 2. The lowest BCUT2D eigenvalue weighted by Gasteiger charge is -2.25. The van der Waals surface area contributed by atoms with Crippen LogP contribution in [-0.4, -0.2) is 22.9 Å². The fourth-order valence-electron chi connectivity index (χ4n) is 1.92. The van der Waals surface area contributed by atoms with Crippen molar-refractivity contribution in [3.63, 3.8) is 0 Å². The Balaban J connectivity index is 2.18. The summed E-state index contributed by atoms with van der Waals surface area (Å²) in [7, 11) is 0. The van der Waals surface area contributed by atoms with Crippen molar-refractivity contribution < 1.29 is 20.0 Å². The molecule has 0 aromatic rings. The molecular formula is C9H16O4. The van der Waals surface area contributed by atoms with Gasteiger partial charge in [0.15, 0.2) is 0 Å². The van der Waals surface area contributed by atoms with Crippen LogP contribution < -0.4 is 0 Å². The number of carboxylic acids is 1. The lowest BCUT2D eigenvalue weighted by atomic mass is 9.81. The van der Waals surface area contributed by atoms with Crippen molar-refractivity contribution in [2.24, 2.45) is 11.8 Å². The topological polar surface area (TPSA) is 66.8 Å². The largest absolute Gasteiger partial charge is 0.481 e. The summed E-state index contributed by atoms with van der Waals surface area (Å²) in [5, 5.41) is 16.9. The molecule has 1 aliphatic carbocycles. The highest BCUT2D eigenvalue weighted by Gasteiger charge is 2.25. The van der Waals surface area contributed by atoms with Gasteiger partial charge in [-0.15, -0.1) is 0 Å². The summed E-state index contributed by atoms with van der Waals surface area (Å²) in [6.45, 7) is 0.363. The molecule has 13 heavy (non-hydrogen) atoms. The smallest absolute Gasteiger partial charge is 0.306 e. The molecule has 4 nitrogen and oxygen atoms in total. The van der Waals surface area contributed by atoms with Crippen molar-refractivity contribution in [3.05, 3.63) is 0 Å². The third-order valence-corrected chi connectivity index (χ3v) is 2.81. The maximum atomic E-state index is 10.6. The Kier molecular flexibility index (Phi) is 4.18. The summed E-state index contributed by atoms with van der Waals surface area (Å²) in [6, 6.07) is 0. The molecule has 0 amide bonds. The van der Waals surface area contributed by atoms with Crippen LogP contribution in [0.15, 0.2) is 0 Å². The van der Waals surface area contributed by atoms with Crippen LogP contribution in [-0.2, 0) is 9.68 Å². The highest BCUT2D eigenvalue weighted by Crippen LogP contribution is 2.30. The predicted octanol–water partition coefficient (Wildman–Crippen LogP) is 1.76. The molecular weight excluding hydrogens is 172 g/mol. The summed E-state index contributed by atoms with van der Waals surface area (Å²) in [5.41, 5.74) is 0. The number of rotatable bonds is 4. The van der Waals surface area contributed by atoms with Gasteiger partial charge in [0.1, 0.15) is 0 Å². The lowest BCUT2D eigenvalue weighted by molar-refractivity contribution is -0.244. The highest BCUT2D eigenvalue weighted by molar-refractivity contribution is 5.69. The molecule has 2 N–H and O–H groups in total. The minimum Gasteiger partial charge on any atom is -0.481 e. The Morgan fingerprint density at radius 3 is 2.38 bits per heavy atom. The van der Waals surface area contributed by atoms with Crippen LogP contribution in [0.25, 0.3) is 0 Å². The van der Waals surface area contributed by atoms with Crippen LogP contribution in [0, 0.1) is 11.8 Å². The van der Waals surface area contributed by atoms with E-state index in [1.165, 1.54) is 0 Å². The van der Waals surface area contributed by atoms with E-state index in [1.807, 2.05) is 0 Å². The van der Waals surface area contributed by atoms with E-state index in [0.29, 0.717) is 12.5 Å². The number of hydrogen-bond acceptors (Lipinski definition) is 3.